The molecule has 4 rings (SSSR count). The standard InChI is InChI=1S/C23H23N3O3/c1-23(2)22(28)21(26-11-3-4-20(26)27)18-12-17(9-10-19(18)29-23)25-14-16-7-5-15(13-24)6-8-16/h5-10,12,14,21-22,28H,3-4,11H2,1-2H3/t21-,22+/m1/s1. The molecule has 1 amide bonds. The van der Waals surface area contributed by atoms with Gasteiger partial charge >= 0.3 is 0 Å². The fourth-order valence-electron chi connectivity index (χ4n) is 3.93. The average molecular weight is 389 g/mol. The van der Waals surface area contributed by atoms with Gasteiger partial charge < -0.3 is 14.7 Å². The van der Waals surface area contributed by atoms with Crippen molar-refractivity contribution in [2.24, 2.45) is 4.99 Å². The summed E-state index contributed by atoms with van der Waals surface area (Å²) in [5.74, 6) is 0.728. The molecule has 0 aromatic heterocycles. The Morgan fingerprint density at radius 1 is 1.28 bits per heavy atom. The fourth-order valence-corrected chi connectivity index (χ4v) is 3.93. The molecule has 29 heavy (non-hydrogen) atoms. The lowest BCUT2D eigenvalue weighted by atomic mass is 9.85. The normalized spacial score (nSPS) is 23.0. The van der Waals surface area contributed by atoms with Gasteiger partial charge in [-0.25, -0.2) is 0 Å². The lowest BCUT2D eigenvalue weighted by Crippen LogP contribution is -2.53. The molecule has 2 atom stereocenters. The van der Waals surface area contributed by atoms with Gasteiger partial charge in [-0.1, -0.05) is 12.1 Å². The Kier molecular flexibility index (Phi) is 4.85. The van der Waals surface area contributed by atoms with Crippen LogP contribution in [0, 0.1) is 11.3 Å². The first-order valence-corrected chi connectivity index (χ1v) is 9.74. The van der Waals surface area contributed by atoms with Crippen LogP contribution in [0.1, 0.15) is 49.4 Å². The fraction of sp³-hybridized carbons (Fsp3) is 0.348. The van der Waals surface area contributed by atoms with E-state index in [1.165, 1.54) is 0 Å². The number of fused-ring (bicyclic) bond motifs is 1. The number of rotatable bonds is 3. The zero-order valence-corrected chi connectivity index (χ0v) is 16.5. The molecule has 0 radical (unpaired) electrons. The van der Waals surface area contributed by atoms with Gasteiger partial charge in [0.2, 0.25) is 5.91 Å². The van der Waals surface area contributed by atoms with Crippen molar-refractivity contribution in [1.29, 1.82) is 5.26 Å². The lowest BCUT2D eigenvalue weighted by molar-refractivity contribution is -0.139. The number of ether oxygens (including phenoxy) is 1. The number of nitrogens with zero attached hydrogens (tertiary/aromatic N) is 3. The SMILES string of the molecule is CC1(C)Oc2ccc(N=Cc3ccc(C#N)cc3)cc2[C@@H](N2CCCC2=O)[C@@H]1O. The maximum Gasteiger partial charge on any atom is 0.223 e. The van der Waals surface area contributed by atoms with Crippen LogP contribution in [-0.2, 0) is 4.79 Å². The van der Waals surface area contributed by atoms with Crippen molar-refractivity contribution in [2.75, 3.05) is 6.54 Å². The largest absolute Gasteiger partial charge is 0.485 e. The van der Waals surface area contributed by atoms with E-state index < -0.39 is 17.7 Å². The number of benzene rings is 2. The Labute approximate surface area is 170 Å². The number of aliphatic hydroxyl groups is 1. The summed E-state index contributed by atoms with van der Waals surface area (Å²) in [5, 5.41) is 19.9. The van der Waals surface area contributed by atoms with E-state index in [-0.39, 0.29) is 5.91 Å². The highest BCUT2D eigenvalue weighted by Crippen LogP contribution is 2.45. The van der Waals surface area contributed by atoms with Crippen LogP contribution in [0.4, 0.5) is 5.69 Å². The van der Waals surface area contributed by atoms with Gasteiger partial charge in [0.25, 0.3) is 0 Å². The molecule has 2 aromatic rings. The highest BCUT2D eigenvalue weighted by Gasteiger charge is 2.47. The van der Waals surface area contributed by atoms with Gasteiger partial charge in [-0.2, -0.15) is 5.26 Å². The van der Waals surface area contributed by atoms with Crippen LogP contribution in [0.5, 0.6) is 5.75 Å². The van der Waals surface area contributed by atoms with Crippen LogP contribution < -0.4 is 4.74 Å². The van der Waals surface area contributed by atoms with E-state index in [1.807, 2.05) is 44.2 Å². The third kappa shape index (κ3) is 3.62. The molecule has 2 aliphatic heterocycles. The third-order valence-corrected chi connectivity index (χ3v) is 5.54. The van der Waals surface area contributed by atoms with Crippen LogP contribution in [0.15, 0.2) is 47.5 Å². The lowest BCUT2D eigenvalue weighted by Gasteiger charge is -2.45. The van der Waals surface area contributed by atoms with Gasteiger partial charge in [-0.15, -0.1) is 0 Å². The number of aliphatic hydroxyl groups excluding tert-OH is 1. The number of hydrogen-bond acceptors (Lipinski definition) is 5. The van der Waals surface area contributed by atoms with Gasteiger partial charge in [-0.05, 0) is 56.2 Å². The molecule has 6 heteroatoms. The molecular weight excluding hydrogens is 366 g/mol. The van der Waals surface area contributed by atoms with E-state index in [0.29, 0.717) is 30.0 Å². The topological polar surface area (TPSA) is 85.9 Å². The molecule has 1 N–H and O–H groups in total. The van der Waals surface area contributed by atoms with E-state index in [4.69, 9.17) is 10.00 Å². The van der Waals surface area contributed by atoms with Crippen LogP contribution in [0.2, 0.25) is 0 Å². The highest BCUT2D eigenvalue weighted by molar-refractivity contribution is 5.82. The summed E-state index contributed by atoms with van der Waals surface area (Å²) in [4.78, 5) is 18.7. The Bertz CT molecular complexity index is 1010. The molecule has 0 spiro atoms. The Morgan fingerprint density at radius 3 is 2.69 bits per heavy atom. The van der Waals surface area contributed by atoms with Crippen LogP contribution >= 0.6 is 0 Å². The first-order valence-electron chi connectivity index (χ1n) is 9.74. The van der Waals surface area contributed by atoms with Crippen molar-refractivity contribution in [1.82, 2.24) is 4.90 Å². The Balaban J connectivity index is 1.68. The molecule has 2 heterocycles. The zero-order chi connectivity index (χ0) is 20.6. The zero-order valence-electron chi connectivity index (χ0n) is 16.5. The molecule has 6 nitrogen and oxygen atoms in total. The number of hydrogen-bond donors (Lipinski definition) is 1. The average Bonchev–Trinajstić information content (AvgIpc) is 3.13. The van der Waals surface area contributed by atoms with Crippen molar-refractivity contribution in [3.8, 4) is 11.8 Å². The van der Waals surface area contributed by atoms with Gasteiger partial charge in [-0.3, -0.25) is 9.79 Å². The van der Waals surface area contributed by atoms with Crippen LogP contribution in [0.25, 0.3) is 0 Å². The van der Waals surface area contributed by atoms with Gasteiger partial charge in [0, 0.05) is 24.7 Å². The molecule has 0 aliphatic carbocycles. The molecule has 0 unspecified atom stereocenters. The molecule has 148 valence electrons. The number of carbonyl (C=O) groups is 1. The van der Waals surface area contributed by atoms with Gasteiger partial charge in [0.15, 0.2) is 0 Å². The molecule has 1 fully saturated rings. The molecule has 0 saturated carbocycles. The van der Waals surface area contributed by atoms with E-state index >= 15 is 0 Å². The number of nitriles is 1. The summed E-state index contributed by atoms with van der Waals surface area (Å²) in [7, 11) is 0. The number of likely N-dealkylation sites (tertiary alicyclic amines) is 1. The van der Waals surface area contributed by atoms with E-state index in [2.05, 4.69) is 11.1 Å². The quantitative estimate of drug-likeness (QED) is 0.814. The second kappa shape index (κ2) is 7.34. The van der Waals surface area contributed by atoms with E-state index in [1.54, 1.807) is 23.2 Å². The summed E-state index contributed by atoms with van der Waals surface area (Å²) >= 11 is 0. The molecular formula is C23H23N3O3. The predicted octanol–water partition coefficient (Wildman–Crippen LogP) is 3.50. The van der Waals surface area contributed by atoms with Crippen LogP contribution in [0.3, 0.4) is 0 Å². The highest BCUT2D eigenvalue weighted by atomic mass is 16.5. The maximum absolute atomic E-state index is 12.4. The molecule has 2 aromatic carbocycles. The second-order valence-electron chi connectivity index (χ2n) is 8.00. The Morgan fingerprint density at radius 2 is 2.03 bits per heavy atom. The number of amides is 1. The van der Waals surface area contributed by atoms with E-state index in [9.17, 15) is 9.90 Å². The van der Waals surface area contributed by atoms with Crippen molar-refractivity contribution in [3.05, 3.63) is 59.2 Å². The van der Waals surface area contributed by atoms with Crippen molar-refractivity contribution in [3.63, 3.8) is 0 Å². The summed E-state index contributed by atoms with van der Waals surface area (Å²) in [6, 6.07) is 14.4. The Hall–Kier alpha value is -3.17. The number of carbonyl (C=O) groups excluding carboxylic acids is 1. The molecule has 1 saturated heterocycles. The molecule has 2 aliphatic rings. The first-order chi connectivity index (χ1) is 13.9. The van der Waals surface area contributed by atoms with Gasteiger partial charge in [0.1, 0.15) is 17.5 Å². The van der Waals surface area contributed by atoms with Crippen molar-refractivity contribution in [2.45, 2.75) is 44.4 Å². The minimum absolute atomic E-state index is 0.0594. The number of aliphatic imine (C=N–C) groups is 1. The smallest absolute Gasteiger partial charge is 0.223 e. The monoisotopic (exact) mass is 389 g/mol. The second-order valence-corrected chi connectivity index (χ2v) is 8.00. The van der Waals surface area contributed by atoms with Crippen molar-refractivity contribution >= 4 is 17.8 Å². The maximum atomic E-state index is 12.4. The minimum Gasteiger partial charge on any atom is -0.485 e. The summed E-state index contributed by atoms with van der Waals surface area (Å²) in [5.41, 5.74) is 2.17. The van der Waals surface area contributed by atoms with Crippen molar-refractivity contribution < 1.29 is 14.6 Å². The third-order valence-electron chi connectivity index (χ3n) is 5.54. The summed E-state index contributed by atoms with van der Waals surface area (Å²) in [6.07, 6.45) is 2.20. The van der Waals surface area contributed by atoms with Crippen LogP contribution in [-0.4, -0.2) is 40.4 Å². The predicted molar refractivity (Wildman–Crippen MR) is 109 cm³/mol. The van der Waals surface area contributed by atoms with E-state index in [0.717, 1.165) is 17.5 Å². The molecule has 0 bridgehead atoms. The first kappa shape index (κ1) is 19.2. The minimum atomic E-state index is -0.838. The summed E-state index contributed by atoms with van der Waals surface area (Å²) in [6.45, 7) is 4.31. The van der Waals surface area contributed by atoms with Gasteiger partial charge in [0.05, 0.1) is 23.4 Å². The summed E-state index contributed by atoms with van der Waals surface area (Å²) < 4.78 is 6.03.